The number of thiazole rings is 1. The first-order chi connectivity index (χ1) is 24.4. The van der Waals surface area contributed by atoms with Gasteiger partial charge in [0.1, 0.15) is 12.4 Å². The standard InChI is InChI=1S/C35H31BrIN3O10S/c1-5-47-27-14-21(9-12-26(27)49-18-29(41)46-4)31-30(34(43)48-6-2)19(3)38-35-39(31)33(42)28(51-35)15-22-13-23(36)16-25(37)32(22)50-17-20-7-10-24(11-8-20)40(44)45/h7-16,31H,5-6,17-18H2,1-4H3/b28-15+/t31-/m0/s1. The molecule has 1 aromatic heterocycles. The Morgan fingerprint density at radius 2 is 1.80 bits per heavy atom. The van der Waals surface area contributed by atoms with Crippen molar-refractivity contribution in [3.05, 3.63) is 120 Å². The molecule has 16 heteroatoms. The van der Waals surface area contributed by atoms with Crippen molar-refractivity contribution in [2.75, 3.05) is 26.9 Å². The molecule has 51 heavy (non-hydrogen) atoms. The number of nitro groups is 1. The molecular weight excluding hydrogens is 861 g/mol. The van der Waals surface area contributed by atoms with Gasteiger partial charge in [0.15, 0.2) is 22.9 Å². The van der Waals surface area contributed by atoms with E-state index in [2.05, 4.69) is 48.3 Å². The van der Waals surface area contributed by atoms with Crippen molar-refractivity contribution in [2.24, 2.45) is 4.99 Å². The average Bonchev–Trinajstić information content (AvgIpc) is 3.40. The zero-order valence-corrected chi connectivity index (χ0v) is 32.3. The largest absolute Gasteiger partial charge is 0.490 e. The fourth-order valence-corrected chi connectivity index (χ4v) is 7.98. The molecule has 0 saturated carbocycles. The lowest BCUT2D eigenvalue weighted by atomic mass is 9.95. The molecule has 0 amide bonds. The van der Waals surface area contributed by atoms with Gasteiger partial charge < -0.3 is 23.7 Å². The molecule has 5 rings (SSSR count). The molecule has 266 valence electrons. The smallest absolute Gasteiger partial charge is 0.343 e. The highest BCUT2D eigenvalue weighted by molar-refractivity contribution is 14.1. The van der Waals surface area contributed by atoms with Crippen molar-refractivity contribution < 1.29 is 38.2 Å². The van der Waals surface area contributed by atoms with Gasteiger partial charge in [-0.15, -0.1) is 0 Å². The van der Waals surface area contributed by atoms with E-state index in [1.54, 1.807) is 57.2 Å². The van der Waals surface area contributed by atoms with Crippen LogP contribution in [0.4, 0.5) is 5.69 Å². The molecule has 0 fully saturated rings. The zero-order chi connectivity index (χ0) is 36.8. The van der Waals surface area contributed by atoms with Gasteiger partial charge in [0.25, 0.3) is 11.2 Å². The predicted molar refractivity (Wildman–Crippen MR) is 200 cm³/mol. The Morgan fingerprint density at radius 3 is 2.47 bits per heavy atom. The van der Waals surface area contributed by atoms with E-state index in [-0.39, 0.29) is 43.4 Å². The number of halogens is 2. The molecule has 0 aliphatic carbocycles. The number of nitrogens with zero attached hydrogens (tertiary/aromatic N) is 3. The van der Waals surface area contributed by atoms with Crippen molar-refractivity contribution in [1.82, 2.24) is 4.57 Å². The number of rotatable bonds is 13. The Bertz CT molecular complexity index is 2220. The molecule has 4 aromatic rings. The minimum atomic E-state index is -0.934. The van der Waals surface area contributed by atoms with E-state index in [9.17, 15) is 24.5 Å². The minimum Gasteiger partial charge on any atom is -0.490 e. The maximum absolute atomic E-state index is 14.4. The third kappa shape index (κ3) is 8.50. The Morgan fingerprint density at radius 1 is 1.06 bits per heavy atom. The number of carbonyl (C=O) groups excluding carboxylic acids is 2. The van der Waals surface area contributed by atoms with Crippen LogP contribution in [0.5, 0.6) is 17.2 Å². The number of hydrogen-bond acceptors (Lipinski definition) is 12. The number of hydrogen-bond donors (Lipinski definition) is 0. The van der Waals surface area contributed by atoms with E-state index in [1.165, 1.54) is 23.8 Å². The number of fused-ring (bicyclic) bond motifs is 1. The van der Waals surface area contributed by atoms with Gasteiger partial charge in [0, 0.05) is 22.2 Å². The van der Waals surface area contributed by atoms with E-state index in [4.69, 9.17) is 18.9 Å². The summed E-state index contributed by atoms with van der Waals surface area (Å²) in [6.45, 7) is 5.35. The number of carbonyl (C=O) groups is 2. The summed E-state index contributed by atoms with van der Waals surface area (Å²) in [6, 6.07) is 13.8. The maximum atomic E-state index is 14.4. The van der Waals surface area contributed by atoms with E-state index >= 15 is 0 Å². The second-order valence-electron chi connectivity index (χ2n) is 10.8. The average molecular weight is 893 g/mol. The van der Waals surface area contributed by atoms with E-state index < -0.39 is 28.5 Å². The van der Waals surface area contributed by atoms with Crippen molar-refractivity contribution >= 4 is 73.6 Å². The maximum Gasteiger partial charge on any atom is 0.343 e. The van der Waals surface area contributed by atoms with Crippen LogP contribution in [0.2, 0.25) is 0 Å². The lowest BCUT2D eigenvalue weighted by molar-refractivity contribution is -0.384. The summed E-state index contributed by atoms with van der Waals surface area (Å²) in [6.07, 6.45) is 1.71. The number of aromatic nitrogens is 1. The van der Waals surface area contributed by atoms with Crippen LogP contribution < -0.4 is 29.1 Å². The summed E-state index contributed by atoms with van der Waals surface area (Å²) in [5.41, 5.74) is 2.00. The molecule has 1 aliphatic rings. The molecule has 3 aromatic carbocycles. The molecule has 0 radical (unpaired) electrons. The molecule has 2 heterocycles. The molecule has 0 spiro atoms. The van der Waals surface area contributed by atoms with E-state index in [0.717, 1.165) is 24.9 Å². The van der Waals surface area contributed by atoms with Crippen molar-refractivity contribution in [1.29, 1.82) is 0 Å². The molecule has 0 N–H and O–H groups in total. The fourth-order valence-electron chi connectivity index (χ4n) is 5.24. The molecule has 13 nitrogen and oxygen atoms in total. The molecule has 0 unspecified atom stereocenters. The number of esters is 2. The Labute approximate surface area is 317 Å². The third-order valence-corrected chi connectivity index (χ3v) is 9.77. The summed E-state index contributed by atoms with van der Waals surface area (Å²) in [5, 5.41) is 11.1. The van der Waals surface area contributed by atoms with E-state index in [0.29, 0.717) is 37.7 Å². The number of benzene rings is 3. The molecular formula is C35H31BrIN3O10S. The molecule has 1 atom stereocenters. The van der Waals surface area contributed by atoms with Crippen LogP contribution in [0.3, 0.4) is 0 Å². The van der Waals surface area contributed by atoms with Crippen LogP contribution in [-0.4, -0.2) is 48.4 Å². The van der Waals surface area contributed by atoms with Gasteiger partial charge in [-0.05, 0) is 97.0 Å². The van der Waals surface area contributed by atoms with Crippen LogP contribution in [0.1, 0.15) is 43.5 Å². The fraction of sp³-hybridized carbons (Fsp3) is 0.257. The van der Waals surface area contributed by atoms with Crippen LogP contribution in [0.15, 0.2) is 80.1 Å². The summed E-state index contributed by atoms with van der Waals surface area (Å²) in [5.74, 6) is -0.103. The topological polar surface area (TPSA) is 158 Å². The molecule has 0 bridgehead atoms. The van der Waals surface area contributed by atoms with Crippen LogP contribution >= 0.6 is 49.9 Å². The highest BCUT2D eigenvalue weighted by Crippen LogP contribution is 2.37. The Hall–Kier alpha value is -4.55. The van der Waals surface area contributed by atoms with Gasteiger partial charge in [-0.25, -0.2) is 14.6 Å². The van der Waals surface area contributed by atoms with Crippen molar-refractivity contribution in [3.63, 3.8) is 0 Å². The van der Waals surface area contributed by atoms with Gasteiger partial charge in [-0.2, -0.15) is 0 Å². The third-order valence-electron chi connectivity index (χ3n) is 7.53. The number of ether oxygens (including phenoxy) is 5. The first kappa shape index (κ1) is 37.7. The summed E-state index contributed by atoms with van der Waals surface area (Å²) < 4.78 is 31.1. The summed E-state index contributed by atoms with van der Waals surface area (Å²) in [7, 11) is 1.26. The first-order valence-electron chi connectivity index (χ1n) is 15.5. The SMILES string of the molecule is CCOC(=O)C1=C(C)N=c2s/c(=C/c3cc(Br)cc(I)c3OCc3ccc([N+](=O)[O-])cc3)c(=O)n2[C@H]1c1ccc(OCC(=O)OC)c(OCC)c1. The number of methoxy groups -OCH3 is 1. The monoisotopic (exact) mass is 891 g/mol. The Kier molecular flexibility index (Phi) is 12.3. The summed E-state index contributed by atoms with van der Waals surface area (Å²) in [4.78, 5) is 55.2. The lowest BCUT2D eigenvalue weighted by Gasteiger charge is -2.25. The highest BCUT2D eigenvalue weighted by atomic mass is 127. The number of allylic oxidation sites excluding steroid dienone is 1. The lowest BCUT2D eigenvalue weighted by Crippen LogP contribution is -2.40. The van der Waals surface area contributed by atoms with Gasteiger partial charge >= 0.3 is 11.9 Å². The van der Waals surface area contributed by atoms with E-state index in [1.807, 2.05) is 12.1 Å². The van der Waals surface area contributed by atoms with Gasteiger partial charge in [-0.1, -0.05) is 33.3 Å². The van der Waals surface area contributed by atoms with Gasteiger partial charge in [0.05, 0.1) is 50.7 Å². The second kappa shape index (κ2) is 16.6. The number of non-ortho nitro benzene ring substituents is 1. The van der Waals surface area contributed by atoms with Crippen LogP contribution in [0.25, 0.3) is 6.08 Å². The minimum absolute atomic E-state index is 0.0235. The number of nitro benzene ring substituents is 1. The highest BCUT2D eigenvalue weighted by Gasteiger charge is 2.34. The van der Waals surface area contributed by atoms with Gasteiger partial charge in [0.2, 0.25) is 0 Å². The summed E-state index contributed by atoms with van der Waals surface area (Å²) >= 11 is 6.84. The molecule has 1 aliphatic heterocycles. The van der Waals surface area contributed by atoms with Crippen LogP contribution in [-0.2, 0) is 25.7 Å². The zero-order valence-electron chi connectivity index (χ0n) is 27.8. The quantitative estimate of drug-likeness (QED) is 0.0716. The van der Waals surface area contributed by atoms with Crippen LogP contribution in [0, 0.1) is 13.7 Å². The van der Waals surface area contributed by atoms with Gasteiger partial charge in [-0.3, -0.25) is 19.5 Å². The molecule has 0 saturated heterocycles. The second-order valence-corrected chi connectivity index (χ2v) is 13.9. The van der Waals surface area contributed by atoms with Crippen molar-refractivity contribution in [2.45, 2.75) is 33.4 Å². The Balaban J connectivity index is 1.62. The predicted octanol–water partition coefficient (Wildman–Crippen LogP) is 5.60. The van der Waals surface area contributed by atoms with Crippen molar-refractivity contribution in [3.8, 4) is 17.2 Å². The first-order valence-corrected chi connectivity index (χ1v) is 18.2. The normalized spacial score (nSPS) is 14.0.